The Morgan fingerprint density at radius 3 is 2.56 bits per heavy atom. The van der Waals surface area contributed by atoms with E-state index in [2.05, 4.69) is 10.2 Å². The van der Waals surface area contributed by atoms with E-state index in [9.17, 15) is 4.79 Å². The highest BCUT2D eigenvalue weighted by Gasteiger charge is 2.34. The molecular weight excluding hydrogens is 366 g/mol. The summed E-state index contributed by atoms with van der Waals surface area (Å²) in [6.07, 6.45) is 1.96. The van der Waals surface area contributed by atoms with Crippen LogP contribution in [0, 0.1) is 0 Å². The molecule has 1 aliphatic rings. The summed E-state index contributed by atoms with van der Waals surface area (Å²) in [5.41, 5.74) is 0.787. The quantitative estimate of drug-likeness (QED) is 0.617. The number of ether oxygens (including phenoxy) is 1. The van der Waals surface area contributed by atoms with Gasteiger partial charge in [-0.25, -0.2) is 0 Å². The summed E-state index contributed by atoms with van der Waals surface area (Å²) in [5.74, 6) is 1.39. The lowest BCUT2D eigenvalue weighted by Gasteiger charge is -2.20. The molecule has 7 heteroatoms. The predicted molar refractivity (Wildman–Crippen MR) is 100 cm³/mol. The Hall–Kier alpha value is -2.86. The fourth-order valence-electron chi connectivity index (χ4n) is 2.72. The molecule has 0 bridgehead atoms. The molecule has 0 saturated heterocycles. The number of hydrogen-bond acceptors (Lipinski definition) is 5. The van der Waals surface area contributed by atoms with Gasteiger partial charge in [0.1, 0.15) is 5.75 Å². The van der Waals surface area contributed by atoms with Crippen LogP contribution >= 0.6 is 11.6 Å². The summed E-state index contributed by atoms with van der Waals surface area (Å²) >= 11 is 5.90. The van der Waals surface area contributed by atoms with Gasteiger partial charge in [0.2, 0.25) is 11.8 Å². The molecule has 3 aromatic rings. The van der Waals surface area contributed by atoms with Crippen LogP contribution in [-0.4, -0.2) is 33.7 Å². The van der Waals surface area contributed by atoms with Gasteiger partial charge in [0.05, 0.1) is 6.54 Å². The van der Waals surface area contributed by atoms with Gasteiger partial charge < -0.3 is 14.1 Å². The highest BCUT2D eigenvalue weighted by atomic mass is 35.5. The Morgan fingerprint density at radius 2 is 1.85 bits per heavy atom. The second kappa shape index (κ2) is 7.80. The van der Waals surface area contributed by atoms with E-state index in [4.69, 9.17) is 20.8 Å². The number of nitrogens with zero attached hydrogens (tertiary/aromatic N) is 3. The van der Waals surface area contributed by atoms with Crippen LogP contribution in [0.1, 0.15) is 18.7 Å². The van der Waals surface area contributed by atoms with E-state index in [1.54, 1.807) is 17.0 Å². The molecule has 0 N–H and O–H groups in total. The van der Waals surface area contributed by atoms with Gasteiger partial charge in [-0.05, 0) is 49.2 Å². The first kappa shape index (κ1) is 17.5. The predicted octanol–water partition coefficient (Wildman–Crippen LogP) is 3.96. The molecule has 1 fully saturated rings. The minimum atomic E-state index is -0.0902. The van der Waals surface area contributed by atoms with Gasteiger partial charge in [0, 0.05) is 16.6 Å². The second-order valence-corrected chi connectivity index (χ2v) is 6.80. The maximum Gasteiger partial charge on any atom is 0.261 e. The minimum Gasteiger partial charge on any atom is -0.484 e. The largest absolute Gasteiger partial charge is 0.484 e. The number of carbonyl (C=O) groups is 1. The average Bonchev–Trinajstić information content (AvgIpc) is 3.43. The number of benzene rings is 2. The third-order valence-electron chi connectivity index (χ3n) is 4.28. The SMILES string of the molecule is O=C(COc1ccccc1)N(Cc1nnc(-c2ccc(Cl)cc2)o1)C1CC1. The van der Waals surface area contributed by atoms with Crippen molar-refractivity contribution in [1.29, 1.82) is 0 Å². The lowest BCUT2D eigenvalue weighted by Crippen LogP contribution is -2.36. The Bertz CT molecular complexity index is 908. The Balaban J connectivity index is 1.41. The maximum absolute atomic E-state index is 12.6. The minimum absolute atomic E-state index is 0.0152. The van der Waals surface area contributed by atoms with Crippen LogP contribution < -0.4 is 4.74 Å². The zero-order valence-corrected chi connectivity index (χ0v) is 15.3. The maximum atomic E-state index is 12.6. The molecule has 1 heterocycles. The Kier molecular flexibility index (Phi) is 5.07. The van der Waals surface area contributed by atoms with Crippen molar-refractivity contribution >= 4 is 17.5 Å². The Morgan fingerprint density at radius 1 is 1.11 bits per heavy atom. The fraction of sp³-hybridized carbons (Fsp3) is 0.250. The van der Waals surface area contributed by atoms with Gasteiger partial charge in [0.15, 0.2) is 6.61 Å². The zero-order valence-electron chi connectivity index (χ0n) is 14.5. The molecule has 2 aromatic carbocycles. The van der Waals surface area contributed by atoms with Crippen molar-refractivity contribution in [3.63, 3.8) is 0 Å². The summed E-state index contributed by atoms with van der Waals surface area (Å²) < 4.78 is 11.3. The van der Waals surface area contributed by atoms with Crippen LogP contribution in [0.25, 0.3) is 11.5 Å². The van der Waals surface area contributed by atoms with Crippen molar-refractivity contribution in [3.05, 3.63) is 65.5 Å². The molecule has 1 aliphatic carbocycles. The third kappa shape index (κ3) is 4.46. The van der Waals surface area contributed by atoms with Crippen molar-refractivity contribution in [3.8, 4) is 17.2 Å². The molecular formula is C20H18ClN3O3. The first-order valence-electron chi connectivity index (χ1n) is 8.75. The number of amides is 1. The summed E-state index contributed by atoms with van der Waals surface area (Å²) in [4.78, 5) is 14.4. The molecule has 27 heavy (non-hydrogen) atoms. The molecule has 4 rings (SSSR count). The monoisotopic (exact) mass is 383 g/mol. The number of aromatic nitrogens is 2. The van der Waals surface area contributed by atoms with E-state index in [1.165, 1.54) is 0 Å². The standard InChI is InChI=1S/C20H18ClN3O3/c21-15-8-6-14(7-9-15)20-23-22-18(27-20)12-24(16-10-11-16)19(25)13-26-17-4-2-1-3-5-17/h1-9,16H,10-13H2. The molecule has 1 amide bonds. The van der Waals surface area contributed by atoms with Crippen molar-refractivity contribution in [1.82, 2.24) is 15.1 Å². The van der Waals surface area contributed by atoms with Gasteiger partial charge in [0.25, 0.3) is 5.91 Å². The van der Waals surface area contributed by atoms with Crippen LogP contribution in [0.2, 0.25) is 5.02 Å². The molecule has 0 aliphatic heterocycles. The van der Waals surface area contributed by atoms with E-state index in [-0.39, 0.29) is 25.1 Å². The van der Waals surface area contributed by atoms with Gasteiger partial charge in [-0.1, -0.05) is 29.8 Å². The normalized spacial score (nSPS) is 13.4. The smallest absolute Gasteiger partial charge is 0.261 e. The van der Waals surface area contributed by atoms with Gasteiger partial charge in [-0.2, -0.15) is 0 Å². The molecule has 0 spiro atoms. The molecule has 138 valence electrons. The van der Waals surface area contributed by atoms with Crippen LogP contribution in [-0.2, 0) is 11.3 Å². The zero-order chi connectivity index (χ0) is 18.6. The fourth-order valence-corrected chi connectivity index (χ4v) is 2.85. The summed E-state index contributed by atoms with van der Waals surface area (Å²) in [5, 5.41) is 8.80. The van der Waals surface area contributed by atoms with Gasteiger partial charge in [-0.3, -0.25) is 4.79 Å². The molecule has 1 saturated carbocycles. The second-order valence-electron chi connectivity index (χ2n) is 6.36. The number of carbonyl (C=O) groups excluding carboxylic acids is 1. The van der Waals surface area contributed by atoms with E-state index >= 15 is 0 Å². The lowest BCUT2D eigenvalue weighted by atomic mass is 10.2. The van der Waals surface area contributed by atoms with Crippen LogP contribution in [0.5, 0.6) is 5.75 Å². The van der Waals surface area contributed by atoms with E-state index in [1.807, 2.05) is 42.5 Å². The van der Waals surface area contributed by atoms with Crippen molar-refractivity contribution in [2.45, 2.75) is 25.4 Å². The summed E-state index contributed by atoms with van der Waals surface area (Å²) in [6, 6.07) is 16.7. The van der Waals surface area contributed by atoms with Crippen LogP contribution in [0.4, 0.5) is 0 Å². The van der Waals surface area contributed by atoms with Gasteiger partial charge in [-0.15, -0.1) is 10.2 Å². The third-order valence-corrected chi connectivity index (χ3v) is 4.53. The first-order chi connectivity index (χ1) is 13.2. The lowest BCUT2D eigenvalue weighted by molar-refractivity contribution is -0.134. The topological polar surface area (TPSA) is 68.5 Å². The van der Waals surface area contributed by atoms with Crippen molar-refractivity contribution < 1.29 is 13.9 Å². The average molecular weight is 384 g/mol. The molecule has 6 nitrogen and oxygen atoms in total. The van der Waals surface area contributed by atoms with E-state index in [0.717, 1.165) is 18.4 Å². The van der Waals surface area contributed by atoms with Crippen molar-refractivity contribution in [2.24, 2.45) is 0 Å². The number of hydrogen-bond donors (Lipinski definition) is 0. The highest BCUT2D eigenvalue weighted by molar-refractivity contribution is 6.30. The van der Waals surface area contributed by atoms with Crippen LogP contribution in [0.3, 0.4) is 0 Å². The molecule has 0 radical (unpaired) electrons. The van der Waals surface area contributed by atoms with E-state index < -0.39 is 0 Å². The van der Waals surface area contributed by atoms with Crippen LogP contribution in [0.15, 0.2) is 59.0 Å². The highest BCUT2D eigenvalue weighted by Crippen LogP contribution is 2.29. The molecule has 0 unspecified atom stereocenters. The van der Waals surface area contributed by atoms with E-state index in [0.29, 0.717) is 22.6 Å². The molecule has 0 atom stereocenters. The first-order valence-corrected chi connectivity index (χ1v) is 9.12. The number of halogens is 1. The van der Waals surface area contributed by atoms with Crippen molar-refractivity contribution in [2.75, 3.05) is 6.61 Å². The Labute approximate surface area is 161 Å². The number of para-hydroxylation sites is 1. The summed E-state index contributed by atoms with van der Waals surface area (Å²) in [6.45, 7) is 0.265. The van der Waals surface area contributed by atoms with Gasteiger partial charge >= 0.3 is 0 Å². The summed E-state index contributed by atoms with van der Waals surface area (Å²) in [7, 11) is 0. The number of rotatable bonds is 7. The molecule has 1 aromatic heterocycles.